The molecular formula is C20H27N3OS2. The van der Waals surface area contributed by atoms with E-state index in [0.717, 1.165) is 39.1 Å². The number of ether oxygens (including phenoxy) is 1. The maximum atomic E-state index is 5.28. The molecule has 4 rings (SSSR count). The second kappa shape index (κ2) is 7.89. The molecule has 140 valence electrons. The van der Waals surface area contributed by atoms with Crippen molar-refractivity contribution in [2.75, 3.05) is 33.4 Å². The summed E-state index contributed by atoms with van der Waals surface area (Å²) in [6.45, 7) is 8.30. The first-order valence-electron chi connectivity index (χ1n) is 9.41. The number of hydrogen-bond acceptors (Lipinski definition) is 6. The average molecular weight is 390 g/mol. The van der Waals surface area contributed by atoms with Crippen molar-refractivity contribution in [2.45, 2.75) is 36.9 Å². The lowest BCUT2D eigenvalue weighted by Gasteiger charge is -2.36. The lowest BCUT2D eigenvalue weighted by atomic mass is 9.99. The van der Waals surface area contributed by atoms with E-state index in [1.54, 1.807) is 7.11 Å². The molecule has 1 aromatic heterocycles. The predicted molar refractivity (Wildman–Crippen MR) is 111 cm³/mol. The van der Waals surface area contributed by atoms with Gasteiger partial charge in [-0.05, 0) is 25.8 Å². The lowest BCUT2D eigenvalue weighted by Crippen LogP contribution is -2.53. The monoisotopic (exact) mass is 389 g/mol. The summed E-state index contributed by atoms with van der Waals surface area (Å²) in [6, 6.07) is 2.79. The number of amidine groups is 1. The van der Waals surface area contributed by atoms with E-state index in [1.165, 1.54) is 31.1 Å². The minimum Gasteiger partial charge on any atom is -0.385 e. The van der Waals surface area contributed by atoms with Gasteiger partial charge in [0.05, 0.1) is 9.91 Å². The zero-order valence-electron chi connectivity index (χ0n) is 15.7. The lowest BCUT2D eigenvalue weighted by molar-refractivity contribution is 0.168. The zero-order valence-corrected chi connectivity index (χ0v) is 17.4. The second-order valence-electron chi connectivity index (χ2n) is 7.26. The molecule has 3 heterocycles. The largest absolute Gasteiger partial charge is 0.385 e. The van der Waals surface area contributed by atoms with Crippen LogP contribution in [0.15, 0.2) is 38.0 Å². The van der Waals surface area contributed by atoms with Crippen molar-refractivity contribution in [1.82, 2.24) is 10.2 Å². The standard InChI is InChI=1S/C20H27N3OS2/c1-13-5-4-6-17-18(13)22-19(16-11-14(2)25-20(16)26-17)23-9-8-21-15(12-23)7-10-24-3/h4,6,11,13,15,21H,5,7-10,12H2,1-3H3/t13?,15-/m0/s1. The van der Waals surface area contributed by atoms with Crippen molar-refractivity contribution in [2.24, 2.45) is 10.9 Å². The van der Waals surface area contributed by atoms with E-state index >= 15 is 0 Å². The molecular weight excluding hydrogens is 362 g/mol. The Kier molecular flexibility index (Phi) is 5.55. The van der Waals surface area contributed by atoms with Crippen molar-refractivity contribution in [1.29, 1.82) is 0 Å². The number of aryl methyl sites for hydroxylation is 1. The van der Waals surface area contributed by atoms with Crippen LogP contribution in [-0.4, -0.2) is 50.1 Å². The summed E-state index contributed by atoms with van der Waals surface area (Å²) >= 11 is 3.80. The summed E-state index contributed by atoms with van der Waals surface area (Å²) in [6.07, 6.45) is 6.69. The van der Waals surface area contributed by atoms with E-state index in [9.17, 15) is 0 Å². The molecule has 2 atom stereocenters. The highest BCUT2D eigenvalue weighted by molar-refractivity contribution is 8.05. The highest BCUT2D eigenvalue weighted by Gasteiger charge is 2.30. The normalized spacial score (nSPS) is 25.7. The number of rotatable bonds is 3. The molecule has 2 aliphatic heterocycles. The fraction of sp³-hybridized carbons (Fsp3) is 0.550. The van der Waals surface area contributed by atoms with Crippen LogP contribution in [0.25, 0.3) is 0 Å². The number of nitrogens with one attached hydrogen (secondary N) is 1. The number of nitrogens with zero attached hydrogens (tertiary/aromatic N) is 2. The first-order chi connectivity index (χ1) is 12.7. The van der Waals surface area contributed by atoms with Gasteiger partial charge in [-0.1, -0.05) is 30.8 Å². The van der Waals surface area contributed by atoms with Crippen molar-refractivity contribution >= 4 is 28.9 Å². The molecule has 26 heavy (non-hydrogen) atoms. The van der Waals surface area contributed by atoms with Gasteiger partial charge in [0.1, 0.15) is 5.84 Å². The van der Waals surface area contributed by atoms with Gasteiger partial charge < -0.3 is 15.0 Å². The summed E-state index contributed by atoms with van der Waals surface area (Å²) in [7, 11) is 1.78. The van der Waals surface area contributed by atoms with E-state index < -0.39 is 0 Å². The fourth-order valence-corrected chi connectivity index (χ4v) is 6.32. The number of thioether (sulfide) groups is 1. The van der Waals surface area contributed by atoms with Gasteiger partial charge in [-0.2, -0.15) is 0 Å². The molecule has 1 fully saturated rings. The highest BCUT2D eigenvalue weighted by Crippen LogP contribution is 2.44. The minimum absolute atomic E-state index is 0.461. The maximum absolute atomic E-state index is 5.28. The van der Waals surface area contributed by atoms with Crippen molar-refractivity contribution in [3.8, 4) is 0 Å². The third kappa shape index (κ3) is 3.65. The van der Waals surface area contributed by atoms with Gasteiger partial charge in [-0.15, -0.1) is 11.3 Å². The number of fused-ring (bicyclic) bond motifs is 1. The molecule has 1 aliphatic carbocycles. The van der Waals surface area contributed by atoms with E-state index in [2.05, 4.69) is 42.3 Å². The van der Waals surface area contributed by atoms with Gasteiger partial charge in [0.25, 0.3) is 0 Å². The van der Waals surface area contributed by atoms with Gasteiger partial charge in [0.15, 0.2) is 0 Å². The van der Waals surface area contributed by atoms with Crippen LogP contribution in [0.4, 0.5) is 0 Å². The van der Waals surface area contributed by atoms with Gasteiger partial charge in [0.2, 0.25) is 0 Å². The minimum atomic E-state index is 0.461. The Hall–Kier alpha value is -1.08. The number of hydrogen-bond donors (Lipinski definition) is 1. The van der Waals surface area contributed by atoms with Crippen LogP contribution in [0.1, 0.15) is 30.2 Å². The number of allylic oxidation sites excluding steroid dienone is 3. The SMILES string of the molecule is COCC[C@H]1CN(C2=NC3=C(C=CCC3C)Sc3sc(C)cc32)CCN1. The smallest absolute Gasteiger partial charge is 0.138 e. The first kappa shape index (κ1) is 18.3. The third-order valence-electron chi connectivity index (χ3n) is 5.19. The first-order valence-corrected chi connectivity index (χ1v) is 11.0. The van der Waals surface area contributed by atoms with Gasteiger partial charge in [-0.3, -0.25) is 0 Å². The van der Waals surface area contributed by atoms with Crippen LogP contribution >= 0.6 is 23.1 Å². The van der Waals surface area contributed by atoms with E-state index in [-0.39, 0.29) is 0 Å². The quantitative estimate of drug-likeness (QED) is 0.847. The number of methoxy groups -OCH3 is 1. The summed E-state index contributed by atoms with van der Waals surface area (Å²) in [5.74, 6) is 1.66. The highest BCUT2D eigenvalue weighted by atomic mass is 32.2. The molecule has 0 radical (unpaired) electrons. The Morgan fingerprint density at radius 3 is 3.15 bits per heavy atom. The van der Waals surface area contributed by atoms with Crippen molar-refractivity contribution < 1.29 is 4.74 Å². The zero-order chi connectivity index (χ0) is 18.1. The third-order valence-corrected chi connectivity index (χ3v) is 7.51. The summed E-state index contributed by atoms with van der Waals surface area (Å²) in [5, 5.41) is 3.63. The molecule has 0 aromatic carbocycles. The Labute approximate surface area is 164 Å². The van der Waals surface area contributed by atoms with Gasteiger partial charge in [0, 0.05) is 60.7 Å². The fourth-order valence-electron chi connectivity index (χ4n) is 3.78. The topological polar surface area (TPSA) is 36.9 Å². The maximum Gasteiger partial charge on any atom is 0.138 e. The van der Waals surface area contributed by atoms with Crippen LogP contribution in [0.3, 0.4) is 0 Å². The summed E-state index contributed by atoms with van der Waals surface area (Å²) < 4.78 is 6.67. The Morgan fingerprint density at radius 2 is 2.31 bits per heavy atom. The van der Waals surface area contributed by atoms with E-state index in [0.29, 0.717) is 12.0 Å². The summed E-state index contributed by atoms with van der Waals surface area (Å²) in [4.78, 5) is 10.4. The predicted octanol–water partition coefficient (Wildman–Crippen LogP) is 4.03. The molecule has 0 saturated carbocycles. The van der Waals surface area contributed by atoms with E-state index in [1.807, 2.05) is 23.1 Å². The van der Waals surface area contributed by atoms with Crippen LogP contribution < -0.4 is 5.32 Å². The Morgan fingerprint density at radius 1 is 1.42 bits per heavy atom. The van der Waals surface area contributed by atoms with Crippen molar-refractivity contribution in [3.63, 3.8) is 0 Å². The van der Waals surface area contributed by atoms with Crippen molar-refractivity contribution in [3.05, 3.63) is 39.3 Å². The molecule has 4 nitrogen and oxygen atoms in total. The van der Waals surface area contributed by atoms with Crippen LogP contribution in [0, 0.1) is 12.8 Å². The average Bonchev–Trinajstić information content (AvgIpc) is 2.92. The second-order valence-corrected chi connectivity index (χ2v) is 9.83. The van der Waals surface area contributed by atoms with E-state index in [4.69, 9.17) is 9.73 Å². The van der Waals surface area contributed by atoms with Crippen LogP contribution in [0.2, 0.25) is 0 Å². The Balaban J connectivity index is 1.70. The van der Waals surface area contributed by atoms with Gasteiger partial charge >= 0.3 is 0 Å². The molecule has 1 N–H and O–H groups in total. The van der Waals surface area contributed by atoms with Gasteiger partial charge in [-0.25, -0.2) is 4.99 Å². The number of thiophene rings is 1. The molecule has 6 heteroatoms. The van der Waals surface area contributed by atoms with Crippen LogP contribution in [-0.2, 0) is 4.74 Å². The molecule has 1 aromatic rings. The molecule has 1 unspecified atom stereocenters. The molecule has 0 amide bonds. The van der Waals surface area contributed by atoms with Crippen LogP contribution in [0.5, 0.6) is 0 Å². The molecule has 0 spiro atoms. The molecule has 0 bridgehead atoms. The number of piperazine rings is 1. The molecule has 3 aliphatic rings. The Bertz CT molecular complexity index is 765. The summed E-state index contributed by atoms with van der Waals surface area (Å²) in [5.41, 5.74) is 2.58. The molecule has 1 saturated heterocycles. The number of aliphatic imine (C=N–C) groups is 1.